The molecule has 0 saturated heterocycles. The lowest BCUT2D eigenvalue weighted by Gasteiger charge is -2.04. The third kappa shape index (κ3) is 2.88. The first-order chi connectivity index (χ1) is 10.3. The van der Waals surface area contributed by atoms with Gasteiger partial charge in [0.05, 0.1) is 6.07 Å². The summed E-state index contributed by atoms with van der Waals surface area (Å²) < 4.78 is 0. The summed E-state index contributed by atoms with van der Waals surface area (Å²) in [6, 6.07) is 13.0. The summed E-state index contributed by atoms with van der Waals surface area (Å²) in [5.41, 5.74) is 2.42. The Morgan fingerprint density at radius 1 is 1.33 bits per heavy atom. The number of amides is 1. The minimum atomic E-state index is -0.319. The van der Waals surface area contributed by atoms with Crippen molar-refractivity contribution in [3.8, 4) is 16.6 Å². The number of nitrogens with one attached hydrogen (secondary N) is 1. The van der Waals surface area contributed by atoms with Gasteiger partial charge >= 0.3 is 0 Å². The first-order valence-corrected chi connectivity index (χ1v) is 7.07. The maximum absolute atomic E-state index is 11.4. The summed E-state index contributed by atoms with van der Waals surface area (Å²) >= 11 is 1.50. The average Bonchev–Trinajstić information content (AvgIpc) is 2.91. The molecular formula is C15H10N4OS. The molecule has 2 heterocycles. The highest BCUT2D eigenvalue weighted by Crippen LogP contribution is 2.30. The average molecular weight is 294 g/mol. The Hall–Kier alpha value is -2.78. The lowest BCUT2D eigenvalue weighted by atomic mass is 10.2. The zero-order valence-electron chi connectivity index (χ0n) is 10.9. The van der Waals surface area contributed by atoms with Crippen LogP contribution in [-0.4, -0.2) is 15.9 Å². The van der Waals surface area contributed by atoms with E-state index in [-0.39, 0.29) is 12.3 Å². The van der Waals surface area contributed by atoms with Crippen molar-refractivity contribution in [2.24, 2.45) is 0 Å². The topological polar surface area (TPSA) is 78.7 Å². The van der Waals surface area contributed by atoms with Crippen molar-refractivity contribution in [1.82, 2.24) is 9.97 Å². The number of hydrogen-bond donors (Lipinski definition) is 1. The molecule has 3 rings (SSSR count). The van der Waals surface area contributed by atoms with Crippen LogP contribution in [0.15, 0.2) is 42.6 Å². The van der Waals surface area contributed by atoms with Crippen molar-refractivity contribution in [2.75, 3.05) is 5.32 Å². The number of hydrogen-bond acceptors (Lipinski definition) is 5. The standard InChI is InChI=1S/C15H10N4OS/c16-7-6-13(20)18-11-4-1-3-10(9-11)14-19-12-5-2-8-17-15(12)21-14/h1-5,8-9H,6H2,(H,18,20). The van der Waals surface area contributed by atoms with Crippen LogP contribution in [0.1, 0.15) is 6.42 Å². The zero-order valence-corrected chi connectivity index (χ0v) is 11.7. The fourth-order valence-electron chi connectivity index (χ4n) is 1.90. The van der Waals surface area contributed by atoms with Crippen molar-refractivity contribution < 1.29 is 4.79 Å². The lowest BCUT2D eigenvalue weighted by molar-refractivity contribution is -0.115. The fourth-order valence-corrected chi connectivity index (χ4v) is 2.80. The molecule has 1 aromatic carbocycles. The Morgan fingerprint density at radius 3 is 3.05 bits per heavy atom. The first kappa shape index (κ1) is 13.2. The highest BCUT2D eigenvalue weighted by Gasteiger charge is 2.08. The monoisotopic (exact) mass is 294 g/mol. The number of thiazole rings is 1. The number of fused-ring (bicyclic) bond motifs is 1. The number of rotatable bonds is 3. The van der Waals surface area contributed by atoms with E-state index in [9.17, 15) is 4.79 Å². The van der Waals surface area contributed by atoms with E-state index in [1.54, 1.807) is 12.3 Å². The summed E-state index contributed by atoms with van der Waals surface area (Å²) in [6.07, 6.45) is 1.58. The molecule has 0 spiro atoms. The second-order valence-corrected chi connectivity index (χ2v) is 5.29. The molecule has 21 heavy (non-hydrogen) atoms. The second kappa shape index (κ2) is 5.69. The maximum atomic E-state index is 11.4. The predicted octanol–water partition coefficient (Wildman–Crippen LogP) is 3.21. The van der Waals surface area contributed by atoms with E-state index in [0.29, 0.717) is 5.69 Å². The van der Waals surface area contributed by atoms with E-state index in [4.69, 9.17) is 5.26 Å². The van der Waals surface area contributed by atoms with Crippen LogP contribution in [-0.2, 0) is 4.79 Å². The van der Waals surface area contributed by atoms with E-state index in [2.05, 4.69) is 15.3 Å². The number of benzene rings is 1. The molecule has 2 aromatic heterocycles. The van der Waals surface area contributed by atoms with Crippen LogP contribution < -0.4 is 5.32 Å². The molecule has 0 saturated carbocycles. The van der Waals surface area contributed by atoms with Crippen LogP contribution in [0.25, 0.3) is 20.9 Å². The normalized spacial score (nSPS) is 10.2. The van der Waals surface area contributed by atoms with Gasteiger partial charge in [-0.2, -0.15) is 5.26 Å². The molecule has 5 nitrogen and oxygen atoms in total. The molecule has 0 fully saturated rings. The molecule has 6 heteroatoms. The number of aromatic nitrogens is 2. The molecule has 0 aliphatic heterocycles. The largest absolute Gasteiger partial charge is 0.325 e. The van der Waals surface area contributed by atoms with Crippen molar-refractivity contribution >= 4 is 33.3 Å². The smallest absolute Gasteiger partial charge is 0.238 e. The number of carbonyl (C=O) groups is 1. The summed E-state index contributed by atoms with van der Waals surface area (Å²) in [6.45, 7) is 0. The SMILES string of the molecule is N#CCC(=O)Nc1cccc(-c2nc3cccnc3s2)c1. The fraction of sp³-hybridized carbons (Fsp3) is 0.0667. The van der Waals surface area contributed by atoms with Gasteiger partial charge < -0.3 is 5.32 Å². The summed E-state index contributed by atoms with van der Waals surface area (Å²) in [5.74, 6) is -0.319. The molecule has 0 aliphatic carbocycles. The van der Waals surface area contributed by atoms with E-state index in [0.717, 1.165) is 20.9 Å². The van der Waals surface area contributed by atoms with Gasteiger partial charge in [0.1, 0.15) is 21.8 Å². The molecule has 102 valence electrons. The van der Waals surface area contributed by atoms with Crippen LogP contribution in [0.3, 0.4) is 0 Å². The van der Waals surface area contributed by atoms with Gasteiger partial charge in [-0.15, -0.1) is 0 Å². The Morgan fingerprint density at radius 2 is 2.24 bits per heavy atom. The Labute approximate surface area is 124 Å². The molecule has 0 radical (unpaired) electrons. The van der Waals surface area contributed by atoms with E-state index >= 15 is 0 Å². The van der Waals surface area contributed by atoms with Gasteiger partial charge in [0.25, 0.3) is 0 Å². The maximum Gasteiger partial charge on any atom is 0.238 e. The Bertz CT molecular complexity index is 817. The predicted molar refractivity (Wildman–Crippen MR) is 81.7 cm³/mol. The molecule has 0 bridgehead atoms. The van der Waals surface area contributed by atoms with Gasteiger partial charge in [-0.1, -0.05) is 23.5 Å². The van der Waals surface area contributed by atoms with E-state index in [1.165, 1.54) is 11.3 Å². The van der Waals surface area contributed by atoms with Gasteiger partial charge in [-0.05, 0) is 24.3 Å². The van der Waals surface area contributed by atoms with Crippen LogP contribution in [0.5, 0.6) is 0 Å². The molecule has 0 unspecified atom stereocenters. The van der Waals surface area contributed by atoms with Crippen LogP contribution >= 0.6 is 11.3 Å². The number of nitrogens with zero attached hydrogens (tertiary/aromatic N) is 3. The minimum Gasteiger partial charge on any atom is -0.325 e. The molecule has 3 aromatic rings. The van der Waals surface area contributed by atoms with Gasteiger partial charge in [0, 0.05) is 17.4 Å². The van der Waals surface area contributed by atoms with Gasteiger partial charge in [-0.3, -0.25) is 4.79 Å². The third-order valence-electron chi connectivity index (χ3n) is 2.80. The van der Waals surface area contributed by atoms with Gasteiger partial charge in [-0.25, -0.2) is 9.97 Å². The lowest BCUT2D eigenvalue weighted by Crippen LogP contribution is -2.09. The van der Waals surface area contributed by atoms with E-state index in [1.807, 2.05) is 36.4 Å². The number of carbonyl (C=O) groups excluding carboxylic acids is 1. The van der Waals surface area contributed by atoms with Crippen molar-refractivity contribution in [2.45, 2.75) is 6.42 Å². The molecule has 1 amide bonds. The molecule has 0 aliphatic rings. The quantitative estimate of drug-likeness (QED) is 0.804. The summed E-state index contributed by atoms with van der Waals surface area (Å²) in [4.78, 5) is 21.1. The zero-order chi connectivity index (χ0) is 14.7. The minimum absolute atomic E-state index is 0.157. The number of nitriles is 1. The number of anilines is 1. The van der Waals surface area contributed by atoms with Crippen molar-refractivity contribution in [1.29, 1.82) is 5.26 Å². The first-order valence-electron chi connectivity index (χ1n) is 6.25. The highest BCUT2D eigenvalue weighted by atomic mass is 32.1. The molecular weight excluding hydrogens is 284 g/mol. The Kier molecular flexibility index (Phi) is 3.58. The second-order valence-electron chi connectivity index (χ2n) is 4.31. The van der Waals surface area contributed by atoms with Crippen molar-refractivity contribution in [3.05, 3.63) is 42.6 Å². The van der Waals surface area contributed by atoms with Crippen LogP contribution in [0, 0.1) is 11.3 Å². The third-order valence-corrected chi connectivity index (χ3v) is 3.83. The van der Waals surface area contributed by atoms with E-state index < -0.39 is 0 Å². The van der Waals surface area contributed by atoms with Gasteiger partial charge in [0.15, 0.2) is 0 Å². The summed E-state index contributed by atoms with van der Waals surface area (Å²) in [7, 11) is 0. The summed E-state index contributed by atoms with van der Waals surface area (Å²) in [5, 5.41) is 12.0. The molecule has 1 N–H and O–H groups in total. The number of pyridine rings is 1. The Balaban J connectivity index is 1.92. The van der Waals surface area contributed by atoms with Crippen LogP contribution in [0.4, 0.5) is 5.69 Å². The highest BCUT2D eigenvalue weighted by molar-refractivity contribution is 7.21. The van der Waals surface area contributed by atoms with Crippen molar-refractivity contribution in [3.63, 3.8) is 0 Å². The van der Waals surface area contributed by atoms with Gasteiger partial charge in [0.2, 0.25) is 5.91 Å². The van der Waals surface area contributed by atoms with Crippen LogP contribution in [0.2, 0.25) is 0 Å². The molecule has 0 atom stereocenters.